The molecule has 0 unspecified atom stereocenters. The molecular weight excluding hydrogens is 368 g/mol. The summed E-state index contributed by atoms with van der Waals surface area (Å²) in [4.78, 5) is 0. The molecule has 0 spiro atoms. The van der Waals surface area contributed by atoms with Crippen molar-refractivity contribution >= 4 is 18.1 Å². The molecule has 0 rings (SSSR count). The molecule has 9 heteroatoms. The minimum Gasteiger partial charge on any atom is -0.400 e. The van der Waals surface area contributed by atoms with E-state index in [4.69, 9.17) is 27.9 Å². The van der Waals surface area contributed by atoms with Crippen LogP contribution in [0.1, 0.15) is 53.4 Å². The molecule has 0 saturated heterocycles. The lowest BCUT2D eigenvalue weighted by Crippen LogP contribution is -2.45. The maximum absolute atomic E-state index is 5.65. The Kier molecular flexibility index (Phi) is 29.9. The van der Waals surface area contributed by atoms with E-state index in [2.05, 4.69) is 12.7 Å². The number of rotatable bonds is 15. The second kappa shape index (κ2) is 25.2. The Hall–Kier alpha value is 0.154. The average molecular weight is 415 g/mol. The molecule has 0 amide bonds. The zero-order chi connectivity index (χ0) is 20.7. The Balaban J connectivity index is -0.000000375. The van der Waals surface area contributed by atoms with Crippen LogP contribution in [0.25, 0.3) is 0 Å². The number of hydrogen-bond acceptors (Lipinski definition) is 7. The van der Waals surface area contributed by atoms with Gasteiger partial charge in [-0.1, -0.05) is 26.2 Å². The number of hydrogen-bond donors (Lipinski definition) is 2. The smallest absolute Gasteiger partial charge is 0.400 e. The summed E-state index contributed by atoms with van der Waals surface area (Å²) in [6.07, 6.45) is 4.56. The van der Waals surface area contributed by atoms with Gasteiger partial charge in [0, 0.05) is 40.1 Å². The highest BCUT2D eigenvalue weighted by atomic mass is 28.4. The van der Waals surface area contributed by atoms with Gasteiger partial charge in [-0.15, -0.1) is 0 Å². The van der Waals surface area contributed by atoms with E-state index in [1.54, 1.807) is 14.2 Å². The summed E-state index contributed by atoms with van der Waals surface area (Å²) >= 11 is 0. The monoisotopic (exact) mass is 414 g/mol. The van der Waals surface area contributed by atoms with Crippen LogP contribution in [-0.2, 0) is 22.1 Å². The van der Waals surface area contributed by atoms with Crippen molar-refractivity contribution in [2.45, 2.75) is 65.5 Å². The van der Waals surface area contributed by atoms with E-state index in [0.29, 0.717) is 19.8 Å². The first kappa shape index (κ1) is 30.9. The first-order valence-electron chi connectivity index (χ1n) is 9.84. The normalized spacial score (nSPS) is 10.8. The zero-order valence-corrected chi connectivity index (χ0v) is 20.5. The van der Waals surface area contributed by atoms with Gasteiger partial charge in [0.15, 0.2) is 0 Å². The van der Waals surface area contributed by atoms with Crippen LogP contribution in [0, 0.1) is 0 Å². The van der Waals surface area contributed by atoms with E-state index in [9.17, 15) is 0 Å². The summed E-state index contributed by atoms with van der Waals surface area (Å²) in [5.41, 5.74) is 9.86. The maximum atomic E-state index is 5.65. The van der Waals surface area contributed by atoms with E-state index in [-0.39, 0.29) is 0 Å². The van der Waals surface area contributed by atoms with Gasteiger partial charge < -0.3 is 33.6 Å². The molecule has 162 valence electrons. The van der Waals surface area contributed by atoms with Gasteiger partial charge in [-0.25, -0.2) is 0 Å². The van der Waals surface area contributed by atoms with Crippen molar-refractivity contribution in [3.05, 3.63) is 0 Å². The summed E-state index contributed by atoms with van der Waals surface area (Å²) in [6.45, 7) is 10.9. The van der Waals surface area contributed by atoms with Crippen molar-refractivity contribution in [1.29, 1.82) is 0 Å². The molecule has 0 aromatic carbocycles. The van der Waals surface area contributed by atoms with Gasteiger partial charge in [-0.3, -0.25) is 0 Å². The standard InChI is InChI=1S/C9H22O3Si.C7H19NO2Si.CH5N/c1-5-9-13(10-6-2,11-7-3)12-8-4;1-9-11(10-2)7-5-3-4-6-8;1-2/h5-9H2,1-4H3;11H,3-8H2,1-2H3;2H2,1H3. The molecule has 0 fully saturated rings. The molecule has 0 radical (unpaired) electrons. The molecule has 0 aliphatic heterocycles. The van der Waals surface area contributed by atoms with Gasteiger partial charge in [0.2, 0.25) is 0 Å². The van der Waals surface area contributed by atoms with E-state index in [1.807, 2.05) is 20.8 Å². The van der Waals surface area contributed by atoms with Crippen LogP contribution in [0.4, 0.5) is 0 Å². The van der Waals surface area contributed by atoms with Gasteiger partial charge in [-0.05, 0) is 46.8 Å². The van der Waals surface area contributed by atoms with E-state index < -0.39 is 18.1 Å². The molecule has 7 nitrogen and oxygen atoms in total. The van der Waals surface area contributed by atoms with Crippen molar-refractivity contribution in [2.75, 3.05) is 47.6 Å². The number of nitrogens with two attached hydrogens (primary N) is 2. The molecule has 0 aliphatic rings. The fraction of sp³-hybridized carbons (Fsp3) is 1.00. The summed E-state index contributed by atoms with van der Waals surface area (Å²) in [7, 11) is 1.38. The Labute approximate surface area is 165 Å². The zero-order valence-electron chi connectivity index (χ0n) is 18.3. The SMILES string of the molecule is CCC[Si](OCC)(OCC)OCC.CN.CO[SiH](CCCCCN)OC. The summed E-state index contributed by atoms with van der Waals surface area (Å²) < 4.78 is 27.3. The lowest BCUT2D eigenvalue weighted by Gasteiger charge is -2.27. The second-order valence-electron chi connectivity index (χ2n) is 5.27. The highest BCUT2D eigenvalue weighted by Gasteiger charge is 2.38. The Bertz CT molecular complexity index is 222. The molecule has 0 heterocycles. The van der Waals surface area contributed by atoms with Crippen LogP contribution in [0.5, 0.6) is 0 Å². The predicted molar refractivity (Wildman–Crippen MR) is 115 cm³/mol. The third-order valence-corrected chi connectivity index (χ3v) is 8.55. The fourth-order valence-corrected chi connectivity index (χ4v) is 6.17. The maximum Gasteiger partial charge on any atom is 0.500 e. The predicted octanol–water partition coefficient (Wildman–Crippen LogP) is 2.65. The average Bonchev–Trinajstić information content (AvgIpc) is 2.65. The second-order valence-corrected chi connectivity index (χ2v) is 10.4. The minimum atomic E-state index is -2.30. The lowest BCUT2D eigenvalue weighted by atomic mass is 10.2. The van der Waals surface area contributed by atoms with Crippen molar-refractivity contribution in [3.63, 3.8) is 0 Å². The van der Waals surface area contributed by atoms with Gasteiger partial charge in [0.25, 0.3) is 0 Å². The van der Waals surface area contributed by atoms with Crippen molar-refractivity contribution in [3.8, 4) is 0 Å². The molecule has 0 aliphatic carbocycles. The van der Waals surface area contributed by atoms with Crippen molar-refractivity contribution in [1.82, 2.24) is 0 Å². The summed E-state index contributed by atoms with van der Waals surface area (Å²) in [5, 5.41) is 0. The Morgan fingerprint density at radius 1 is 0.769 bits per heavy atom. The summed E-state index contributed by atoms with van der Waals surface area (Å²) in [6, 6.07) is 2.02. The molecule has 0 aromatic heterocycles. The first-order chi connectivity index (χ1) is 12.6. The van der Waals surface area contributed by atoms with Gasteiger partial charge in [0.05, 0.1) is 0 Å². The van der Waals surface area contributed by atoms with E-state index in [1.165, 1.54) is 19.9 Å². The van der Waals surface area contributed by atoms with Crippen molar-refractivity contribution < 1.29 is 22.1 Å². The molecule has 4 N–H and O–H groups in total. The highest BCUT2D eigenvalue weighted by Crippen LogP contribution is 2.17. The lowest BCUT2D eigenvalue weighted by molar-refractivity contribution is 0.0712. The van der Waals surface area contributed by atoms with Crippen LogP contribution in [0.2, 0.25) is 12.1 Å². The van der Waals surface area contributed by atoms with Crippen LogP contribution >= 0.6 is 0 Å². The van der Waals surface area contributed by atoms with Gasteiger partial charge in [-0.2, -0.15) is 0 Å². The molecule has 0 saturated carbocycles. The van der Waals surface area contributed by atoms with E-state index >= 15 is 0 Å². The molecule has 0 atom stereocenters. The minimum absolute atomic E-state index is 0.673. The summed E-state index contributed by atoms with van der Waals surface area (Å²) in [5.74, 6) is 0. The van der Waals surface area contributed by atoms with Crippen molar-refractivity contribution in [2.24, 2.45) is 11.5 Å². The molecular formula is C17H46N2O5Si2. The van der Waals surface area contributed by atoms with Crippen LogP contribution in [-0.4, -0.2) is 65.7 Å². The largest absolute Gasteiger partial charge is 0.500 e. The van der Waals surface area contributed by atoms with E-state index in [0.717, 1.165) is 31.5 Å². The molecule has 26 heavy (non-hydrogen) atoms. The molecule has 0 aromatic rings. The van der Waals surface area contributed by atoms with Gasteiger partial charge >= 0.3 is 18.1 Å². The molecule has 0 bridgehead atoms. The topological polar surface area (TPSA) is 98.2 Å². The van der Waals surface area contributed by atoms with Crippen LogP contribution in [0.3, 0.4) is 0 Å². The Morgan fingerprint density at radius 2 is 1.23 bits per heavy atom. The third-order valence-electron chi connectivity index (χ3n) is 3.32. The number of unbranched alkanes of at least 4 members (excludes halogenated alkanes) is 2. The van der Waals surface area contributed by atoms with Crippen LogP contribution in [0.15, 0.2) is 0 Å². The Morgan fingerprint density at radius 3 is 1.54 bits per heavy atom. The first-order valence-corrected chi connectivity index (χ1v) is 13.5. The van der Waals surface area contributed by atoms with Gasteiger partial charge in [0.1, 0.15) is 0 Å². The quantitative estimate of drug-likeness (QED) is 0.314. The third kappa shape index (κ3) is 18.9. The highest BCUT2D eigenvalue weighted by molar-refractivity contribution is 6.60. The fourth-order valence-electron chi connectivity index (χ4n) is 2.27. The van der Waals surface area contributed by atoms with Crippen LogP contribution < -0.4 is 11.5 Å².